The fourth-order valence-electron chi connectivity index (χ4n) is 2.92. The van der Waals surface area contributed by atoms with Crippen LogP contribution in [0.2, 0.25) is 0 Å². The molecule has 0 aliphatic carbocycles. The Hall–Kier alpha value is -2.67. The Kier molecular flexibility index (Phi) is 6.46. The van der Waals surface area contributed by atoms with Gasteiger partial charge in [0.05, 0.1) is 5.25 Å². The second kappa shape index (κ2) is 9.01. The fraction of sp³-hybridized carbons (Fsp3) is 0.333. The summed E-state index contributed by atoms with van der Waals surface area (Å²) in [4.78, 5) is 16.8. The second-order valence-corrected chi connectivity index (χ2v) is 8.07. The van der Waals surface area contributed by atoms with Crippen LogP contribution >= 0.6 is 11.8 Å². The minimum Gasteiger partial charge on any atom is -0.325 e. The summed E-state index contributed by atoms with van der Waals surface area (Å²) in [5.74, 6) is 0.752. The number of carbonyl (C=O) groups is 1. The number of benzene rings is 1. The Labute approximate surface area is 169 Å². The van der Waals surface area contributed by atoms with Crippen molar-refractivity contribution in [2.75, 3.05) is 5.32 Å². The molecule has 1 atom stereocenters. The highest BCUT2D eigenvalue weighted by molar-refractivity contribution is 8.00. The zero-order chi connectivity index (χ0) is 20.1. The molecular formula is C21H25N5OS. The monoisotopic (exact) mass is 395 g/mol. The Morgan fingerprint density at radius 1 is 1.18 bits per heavy atom. The van der Waals surface area contributed by atoms with E-state index in [4.69, 9.17) is 0 Å². The molecule has 2 aromatic heterocycles. The Balaban J connectivity index is 1.77. The average Bonchev–Trinajstić information content (AvgIpc) is 3.07. The maximum Gasteiger partial charge on any atom is 0.237 e. The van der Waals surface area contributed by atoms with Gasteiger partial charge in [-0.25, -0.2) is 0 Å². The predicted octanol–water partition coefficient (Wildman–Crippen LogP) is 4.49. The summed E-state index contributed by atoms with van der Waals surface area (Å²) < 4.78 is 2.07. The van der Waals surface area contributed by atoms with Crippen LogP contribution in [0.5, 0.6) is 0 Å². The lowest BCUT2D eigenvalue weighted by atomic mass is 10.1. The van der Waals surface area contributed by atoms with E-state index >= 15 is 0 Å². The number of carbonyl (C=O) groups excluding carboxylic acids is 1. The fourth-order valence-corrected chi connectivity index (χ4v) is 3.79. The molecule has 0 aliphatic heterocycles. The number of hydrogen-bond acceptors (Lipinski definition) is 5. The van der Waals surface area contributed by atoms with Crippen molar-refractivity contribution in [2.24, 2.45) is 0 Å². The van der Waals surface area contributed by atoms with Crippen LogP contribution in [0.4, 0.5) is 5.69 Å². The Bertz CT molecular complexity index is 955. The molecule has 0 saturated heterocycles. The highest BCUT2D eigenvalue weighted by atomic mass is 32.2. The average molecular weight is 396 g/mol. The van der Waals surface area contributed by atoms with Gasteiger partial charge in [0, 0.05) is 30.2 Å². The van der Waals surface area contributed by atoms with Gasteiger partial charge >= 0.3 is 0 Å². The molecule has 1 unspecified atom stereocenters. The SMILES string of the molecule is CCCn1c(SC(C)C(=O)Nc2ccc(C)cc2C)nnc1-c1ccncc1. The summed E-state index contributed by atoms with van der Waals surface area (Å²) in [5.41, 5.74) is 4.04. The Morgan fingerprint density at radius 2 is 1.93 bits per heavy atom. The molecule has 1 aromatic carbocycles. The third kappa shape index (κ3) is 4.59. The molecule has 146 valence electrons. The van der Waals surface area contributed by atoms with Crippen molar-refractivity contribution in [1.82, 2.24) is 19.7 Å². The van der Waals surface area contributed by atoms with Gasteiger partial charge in [0.1, 0.15) is 0 Å². The van der Waals surface area contributed by atoms with E-state index in [2.05, 4.69) is 38.1 Å². The van der Waals surface area contributed by atoms with Crippen molar-refractivity contribution in [3.63, 3.8) is 0 Å². The van der Waals surface area contributed by atoms with Crippen molar-refractivity contribution in [2.45, 2.75) is 51.1 Å². The van der Waals surface area contributed by atoms with Gasteiger partial charge in [-0.05, 0) is 51.0 Å². The number of nitrogens with one attached hydrogen (secondary N) is 1. The van der Waals surface area contributed by atoms with E-state index < -0.39 is 0 Å². The molecule has 1 amide bonds. The zero-order valence-electron chi connectivity index (χ0n) is 16.6. The molecule has 7 heteroatoms. The van der Waals surface area contributed by atoms with Gasteiger partial charge in [-0.15, -0.1) is 10.2 Å². The lowest BCUT2D eigenvalue weighted by molar-refractivity contribution is -0.115. The first-order valence-electron chi connectivity index (χ1n) is 9.38. The minimum absolute atomic E-state index is 0.0477. The molecule has 2 heterocycles. The van der Waals surface area contributed by atoms with Crippen LogP contribution in [-0.2, 0) is 11.3 Å². The van der Waals surface area contributed by atoms with Crippen LogP contribution in [-0.4, -0.2) is 30.9 Å². The quantitative estimate of drug-likeness (QED) is 0.597. The van der Waals surface area contributed by atoms with Gasteiger partial charge in [0.25, 0.3) is 0 Å². The van der Waals surface area contributed by atoms with Gasteiger partial charge in [-0.1, -0.05) is 36.4 Å². The van der Waals surface area contributed by atoms with Gasteiger partial charge in [-0.2, -0.15) is 0 Å². The zero-order valence-corrected chi connectivity index (χ0v) is 17.5. The van der Waals surface area contributed by atoms with E-state index in [1.807, 2.05) is 45.0 Å². The number of thioether (sulfide) groups is 1. The molecule has 0 bridgehead atoms. The molecule has 28 heavy (non-hydrogen) atoms. The topological polar surface area (TPSA) is 72.7 Å². The van der Waals surface area contributed by atoms with Crippen LogP contribution in [0, 0.1) is 13.8 Å². The van der Waals surface area contributed by atoms with Crippen molar-refractivity contribution in [3.05, 3.63) is 53.9 Å². The van der Waals surface area contributed by atoms with Crippen LogP contribution in [0.3, 0.4) is 0 Å². The van der Waals surface area contributed by atoms with Crippen LogP contribution in [0.1, 0.15) is 31.4 Å². The van der Waals surface area contributed by atoms with Crippen LogP contribution < -0.4 is 5.32 Å². The first kappa shape index (κ1) is 20.1. The molecule has 0 saturated carbocycles. The second-order valence-electron chi connectivity index (χ2n) is 6.76. The normalized spacial score (nSPS) is 12.0. The molecular weight excluding hydrogens is 370 g/mol. The first-order valence-corrected chi connectivity index (χ1v) is 10.3. The first-order chi connectivity index (χ1) is 13.5. The van der Waals surface area contributed by atoms with Crippen molar-refractivity contribution >= 4 is 23.4 Å². The number of rotatable bonds is 7. The maximum absolute atomic E-state index is 12.7. The van der Waals surface area contributed by atoms with E-state index in [0.29, 0.717) is 0 Å². The van der Waals surface area contributed by atoms with Crippen LogP contribution in [0.25, 0.3) is 11.4 Å². The van der Waals surface area contributed by atoms with Gasteiger partial charge in [0.2, 0.25) is 5.91 Å². The summed E-state index contributed by atoms with van der Waals surface area (Å²) in [6.07, 6.45) is 4.44. The summed E-state index contributed by atoms with van der Waals surface area (Å²) in [6, 6.07) is 9.84. The molecule has 0 fully saturated rings. The van der Waals surface area contributed by atoms with Crippen molar-refractivity contribution in [3.8, 4) is 11.4 Å². The number of hydrogen-bond donors (Lipinski definition) is 1. The number of aromatic nitrogens is 4. The van der Waals surface area contributed by atoms with E-state index in [9.17, 15) is 4.79 Å². The third-order valence-corrected chi connectivity index (χ3v) is 5.47. The molecule has 0 radical (unpaired) electrons. The molecule has 1 N–H and O–H groups in total. The van der Waals surface area contributed by atoms with Crippen molar-refractivity contribution < 1.29 is 4.79 Å². The Morgan fingerprint density at radius 3 is 2.61 bits per heavy atom. The smallest absolute Gasteiger partial charge is 0.237 e. The largest absolute Gasteiger partial charge is 0.325 e. The lowest BCUT2D eigenvalue weighted by Crippen LogP contribution is -2.23. The molecule has 0 aliphatic rings. The number of pyridine rings is 1. The number of anilines is 1. The maximum atomic E-state index is 12.7. The number of aryl methyl sites for hydroxylation is 2. The highest BCUT2D eigenvalue weighted by Crippen LogP contribution is 2.28. The summed E-state index contributed by atoms with van der Waals surface area (Å²) in [7, 11) is 0. The van der Waals surface area contributed by atoms with E-state index in [1.54, 1.807) is 12.4 Å². The molecule has 6 nitrogen and oxygen atoms in total. The molecule has 3 aromatic rings. The van der Waals surface area contributed by atoms with Crippen molar-refractivity contribution in [1.29, 1.82) is 0 Å². The van der Waals surface area contributed by atoms with Crippen LogP contribution in [0.15, 0.2) is 47.9 Å². The standard InChI is InChI=1S/C21H25N5OS/c1-5-12-26-19(17-8-10-22-11-9-17)24-25-21(26)28-16(4)20(27)23-18-7-6-14(2)13-15(18)3/h6-11,13,16H,5,12H2,1-4H3,(H,23,27). The third-order valence-electron chi connectivity index (χ3n) is 4.39. The van der Waals surface area contributed by atoms with Gasteiger partial charge in [-0.3, -0.25) is 9.78 Å². The van der Waals surface area contributed by atoms with E-state index in [0.717, 1.165) is 40.8 Å². The summed E-state index contributed by atoms with van der Waals surface area (Å²) in [6.45, 7) is 8.83. The lowest BCUT2D eigenvalue weighted by Gasteiger charge is -2.14. The number of nitrogens with zero attached hydrogens (tertiary/aromatic N) is 4. The summed E-state index contributed by atoms with van der Waals surface area (Å²) >= 11 is 1.42. The molecule has 3 rings (SSSR count). The highest BCUT2D eigenvalue weighted by Gasteiger charge is 2.21. The van der Waals surface area contributed by atoms with Gasteiger partial charge in [0.15, 0.2) is 11.0 Å². The summed E-state index contributed by atoms with van der Waals surface area (Å²) in [5, 5.41) is 12.2. The minimum atomic E-state index is -0.300. The van der Waals surface area contributed by atoms with E-state index in [1.165, 1.54) is 17.3 Å². The van der Waals surface area contributed by atoms with E-state index in [-0.39, 0.29) is 11.2 Å². The van der Waals surface area contributed by atoms with Gasteiger partial charge < -0.3 is 9.88 Å². The predicted molar refractivity (Wildman–Crippen MR) is 113 cm³/mol. The molecule has 0 spiro atoms. The number of amides is 1.